The highest BCUT2D eigenvalue weighted by Crippen LogP contribution is 2.19. The van der Waals surface area contributed by atoms with E-state index in [1.807, 2.05) is 32.0 Å². The highest BCUT2D eigenvalue weighted by molar-refractivity contribution is 5.79. The van der Waals surface area contributed by atoms with Crippen molar-refractivity contribution >= 4 is 5.91 Å². The van der Waals surface area contributed by atoms with Gasteiger partial charge >= 0.3 is 6.61 Å². The summed E-state index contributed by atoms with van der Waals surface area (Å²) in [7, 11) is 0. The molecule has 0 saturated heterocycles. The van der Waals surface area contributed by atoms with Gasteiger partial charge in [0.2, 0.25) is 5.91 Å². The molecule has 0 aliphatic rings. The molecule has 1 amide bonds. The molecule has 1 unspecified atom stereocenters. The first-order valence-corrected chi connectivity index (χ1v) is 7.91. The maximum Gasteiger partial charge on any atom is 0.387 e. The number of halogens is 2. The van der Waals surface area contributed by atoms with E-state index in [1.165, 1.54) is 24.3 Å². The van der Waals surface area contributed by atoms with E-state index < -0.39 is 12.7 Å². The van der Waals surface area contributed by atoms with Crippen molar-refractivity contribution < 1.29 is 23.4 Å². The van der Waals surface area contributed by atoms with Crippen LogP contribution in [0.3, 0.4) is 0 Å². The Balaban J connectivity index is 1.87. The van der Waals surface area contributed by atoms with Crippen LogP contribution in [0.2, 0.25) is 0 Å². The molecule has 1 atom stereocenters. The number of aliphatic hydroxyl groups is 1. The van der Waals surface area contributed by atoms with Gasteiger partial charge in [-0.15, -0.1) is 0 Å². The molecule has 2 aromatic rings. The number of rotatable bonds is 7. The minimum Gasteiger partial charge on any atom is -0.435 e. The molecule has 25 heavy (non-hydrogen) atoms. The van der Waals surface area contributed by atoms with Gasteiger partial charge in [-0.25, -0.2) is 0 Å². The predicted octanol–water partition coefficient (Wildman–Crippen LogP) is 3.30. The number of alkyl halides is 2. The molecule has 0 aliphatic carbocycles. The van der Waals surface area contributed by atoms with Crippen LogP contribution in [0.15, 0.2) is 42.5 Å². The Morgan fingerprint density at radius 3 is 2.48 bits per heavy atom. The maximum atomic E-state index is 12.1. The zero-order chi connectivity index (χ0) is 18.4. The average Bonchev–Trinajstić information content (AvgIpc) is 2.56. The lowest BCUT2D eigenvalue weighted by Gasteiger charge is -2.14. The van der Waals surface area contributed by atoms with Gasteiger partial charge < -0.3 is 15.2 Å². The summed E-state index contributed by atoms with van der Waals surface area (Å²) in [5.74, 6) is -0.171. The van der Waals surface area contributed by atoms with E-state index in [4.69, 9.17) is 0 Å². The summed E-state index contributed by atoms with van der Waals surface area (Å²) in [6, 6.07) is 11.6. The number of hydrogen-bond acceptors (Lipinski definition) is 3. The zero-order valence-electron chi connectivity index (χ0n) is 14.1. The Bertz CT molecular complexity index is 717. The van der Waals surface area contributed by atoms with E-state index in [-0.39, 0.29) is 24.6 Å². The van der Waals surface area contributed by atoms with Crippen molar-refractivity contribution in [2.45, 2.75) is 33.0 Å². The zero-order valence-corrected chi connectivity index (χ0v) is 14.1. The third-order valence-corrected chi connectivity index (χ3v) is 3.84. The number of carbonyl (C=O) groups excluding carboxylic acids is 1. The number of aryl methyl sites for hydroxylation is 2. The van der Waals surface area contributed by atoms with E-state index in [0.717, 1.165) is 16.7 Å². The largest absolute Gasteiger partial charge is 0.435 e. The number of aliphatic hydroxyl groups excluding tert-OH is 1. The Hall–Kier alpha value is -2.47. The Kier molecular flexibility index (Phi) is 6.47. The van der Waals surface area contributed by atoms with Crippen LogP contribution < -0.4 is 10.1 Å². The van der Waals surface area contributed by atoms with Crippen LogP contribution in [0.25, 0.3) is 0 Å². The van der Waals surface area contributed by atoms with E-state index in [9.17, 15) is 18.7 Å². The monoisotopic (exact) mass is 349 g/mol. The van der Waals surface area contributed by atoms with Crippen molar-refractivity contribution in [1.82, 2.24) is 5.32 Å². The molecule has 0 spiro atoms. The van der Waals surface area contributed by atoms with Crippen molar-refractivity contribution in [2.75, 3.05) is 6.54 Å². The van der Waals surface area contributed by atoms with Crippen molar-refractivity contribution in [3.63, 3.8) is 0 Å². The normalized spacial score (nSPS) is 12.1. The first-order valence-electron chi connectivity index (χ1n) is 7.91. The number of carbonyl (C=O) groups is 1. The second-order valence-corrected chi connectivity index (χ2v) is 5.87. The molecule has 6 heteroatoms. The fraction of sp³-hybridized carbons (Fsp3) is 0.316. The van der Waals surface area contributed by atoms with Gasteiger partial charge in [-0.1, -0.05) is 35.9 Å². The summed E-state index contributed by atoms with van der Waals surface area (Å²) in [6.07, 6.45) is -0.690. The first kappa shape index (κ1) is 18.9. The summed E-state index contributed by atoms with van der Waals surface area (Å²) >= 11 is 0. The minimum atomic E-state index is -2.89. The summed E-state index contributed by atoms with van der Waals surface area (Å²) in [5, 5.41) is 12.8. The predicted molar refractivity (Wildman–Crippen MR) is 90.7 cm³/mol. The van der Waals surface area contributed by atoms with Crippen LogP contribution in [0.1, 0.15) is 28.4 Å². The van der Waals surface area contributed by atoms with Crippen LogP contribution in [0.5, 0.6) is 5.75 Å². The fourth-order valence-corrected chi connectivity index (χ4v) is 2.43. The molecule has 0 aromatic heterocycles. The van der Waals surface area contributed by atoms with Crippen LogP contribution in [0, 0.1) is 13.8 Å². The molecule has 2 rings (SSSR count). The lowest BCUT2D eigenvalue weighted by atomic mass is 10.0. The lowest BCUT2D eigenvalue weighted by Crippen LogP contribution is -2.29. The van der Waals surface area contributed by atoms with Crippen LogP contribution in [-0.4, -0.2) is 24.2 Å². The topological polar surface area (TPSA) is 58.6 Å². The maximum absolute atomic E-state index is 12.1. The number of hydrogen-bond donors (Lipinski definition) is 2. The first-order chi connectivity index (χ1) is 11.8. The number of amides is 1. The van der Waals surface area contributed by atoms with Crippen molar-refractivity contribution in [3.05, 3.63) is 64.7 Å². The van der Waals surface area contributed by atoms with Gasteiger partial charge in [-0.05, 0) is 42.7 Å². The van der Waals surface area contributed by atoms with E-state index in [2.05, 4.69) is 10.1 Å². The van der Waals surface area contributed by atoms with Crippen molar-refractivity contribution in [1.29, 1.82) is 0 Å². The fourth-order valence-electron chi connectivity index (χ4n) is 2.43. The Labute approximate surface area is 145 Å². The second kappa shape index (κ2) is 8.58. The van der Waals surface area contributed by atoms with E-state index in [0.29, 0.717) is 5.56 Å². The second-order valence-electron chi connectivity index (χ2n) is 5.87. The third-order valence-electron chi connectivity index (χ3n) is 3.84. The summed E-state index contributed by atoms with van der Waals surface area (Å²) in [4.78, 5) is 12.1. The van der Waals surface area contributed by atoms with E-state index in [1.54, 1.807) is 0 Å². The molecule has 0 aliphatic heterocycles. The van der Waals surface area contributed by atoms with Gasteiger partial charge in [0.15, 0.2) is 0 Å². The van der Waals surface area contributed by atoms with Crippen LogP contribution in [-0.2, 0) is 11.2 Å². The van der Waals surface area contributed by atoms with Gasteiger partial charge in [0.1, 0.15) is 5.75 Å². The average molecular weight is 349 g/mol. The van der Waals surface area contributed by atoms with Gasteiger partial charge in [0.05, 0.1) is 12.5 Å². The van der Waals surface area contributed by atoms with Gasteiger partial charge in [-0.2, -0.15) is 8.78 Å². The molecule has 0 fully saturated rings. The highest BCUT2D eigenvalue weighted by Gasteiger charge is 2.12. The molecule has 0 radical (unpaired) electrons. The Morgan fingerprint density at radius 2 is 1.84 bits per heavy atom. The molecule has 0 bridgehead atoms. The lowest BCUT2D eigenvalue weighted by molar-refractivity contribution is -0.120. The summed E-state index contributed by atoms with van der Waals surface area (Å²) in [6.45, 7) is 1.06. The number of nitrogens with one attached hydrogen (secondary N) is 1. The van der Waals surface area contributed by atoms with Crippen LogP contribution in [0.4, 0.5) is 8.78 Å². The van der Waals surface area contributed by atoms with Crippen molar-refractivity contribution in [2.24, 2.45) is 0 Å². The molecular formula is C19H21F2NO3. The molecule has 0 heterocycles. The summed E-state index contributed by atoms with van der Waals surface area (Å²) < 4.78 is 28.5. The summed E-state index contributed by atoms with van der Waals surface area (Å²) in [5.41, 5.74) is 3.57. The molecule has 2 aromatic carbocycles. The third kappa shape index (κ3) is 5.83. The molecule has 2 N–H and O–H groups in total. The van der Waals surface area contributed by atoms with Crippen molar-refractivity contribution in [3.8, 4) is 5.75 Å². The molecule has 134 valence electrons. The SMILES string of the molecule is Cc1ccc(C)c(CC(=O)NCC(O)c2ccc(OC(F)F)cc2)c1. The smallest absolute Gasteiger partial charge is 0.387 e. The molecule has 0 saturated carbocycles. The molecule has 4 nitrogen and oxygen atoms in total. The Morgan fingerprint density at radius 1 is 1.16 bits per heavy atom. The molecular weight excluding hydrogens is 328 g/mol. The van der Waals surface area contributed by atoms with Crippen LogP contribution >= 0.6 is 0 Å². The van der Waals surface area contributed by atoms with Gasteiger partial charge in [0.25, 0.3) is 0 Å². The standard InChI is InChI=1S/C19H21F2NO3/c1-12-3-4-13(2)15(9-12)10-18(24)22-11-17(23)14-5-7-16(8-6-14)25-19(20)21/h3-9,17,19,23H,10-11H2,1-2H3,(H,22,24). The van der Waals surface area contributed by atoms with Gasteiger partial charge in [0, 0.05) is 6.54 Å². The highest BCUT2D eigenvalue weighted by atomic mass is 19.3. The quantitative estimate of drug-likeness (QED) is 0.806. The number of benzene rings is 2. The minimum absolute atomic E-state index is 0.0184. The number of ether oxygens (including phenoxy) is 1. The van der Waals surface area contributed by atoms with E-state index >= 15 is 0 Å². The van der Waals surface area contributed by atoms with Gasteiger partial charge in [-0.3, -0.25) is 4.79 Å².